The van der Waals surface area contributed by atoms with Crippen LogP contribution in [-0.4, -0.2) is 13.0 Å². The summed E-state index contributed by atoms with van der Waals surface area (Å²) in [6.07, 6.45) is 0. The summed E-state index contributed by atoms with van der Waals surface area (Å²) in [6.45, 7) is 6.35. The lowest BCUT2D eigenvalue weighted by atomic mass is 9.98. The number of nitrogens with one attached hydrogen (secondary N) is 1. The second-order valence-electron chi connectivity index (χ2n) is 6.60. The third-order valence-electron chi connectivity index (χ3n) is 4.42. The van der Waals surface area contributed by atoms with Crippen LogP contribution < -0.4 is 5.32 Å². The monoisotopic (exact) mass is 371 g/mol. The fourth-order valence-electron chi connectivity index (χ4n) is 3.15. The van der Waals surface area contributed by atoms with Crippen molar-refractivity contribution in [2.45, 2.75) is 33.3 Å². The van der Waals surface area contributed by atoms with Crippen LogP contribution in [0.1, 0.15) is 46.1 Å². The standard InChI is InChI=1S/C21H22FNO2S/c1-12(2)14-8-5-7-13(3)19(14)23-21(24)20-15(11-25-4)18-16(22)9-6-10-17(18)26-20/h5-10,12H,11H2,1-4H3,(H,23,24). The maximum absolute atomic E-state index is 14.3. The van der Waals surface area contributed by atoms with Crippen molar-refractivity contribution in [2.24, 2.45) is 0 Å². The van der Waals surface area contributed by atoms with Crippen molar-refractivity contribution in [3.8, 4) is 0 Å². The van der Waals surface area contributed by atoms with Crippen molar-refractivity contribution >= 4 is 33.0 Å². The average Bonchev–Trinajstić information content (AvgIpc) is 2.97. The smallest absolute Gasteiger partial charge is 0.266 e. The molecular formula is C21H22FNO2S. The summed E-state index contributed by atoms with van der Waals surface area (Å²) in [5, 5.41) is 3.52. The molecule has 0 atom stereocenters. The lowest BCUT2D eigenvalue weighted by molar-refractivity contribution is 0.102. The number of hydrogen-bond acceptors (Lipinski definition) is 3. The van der Waals surface area contributed by atoms with Crippen molar-refractivity contribution < 1.29 is 13.9 Å². The quantitative estimate of drug-likeness (QED) is 0.609. The number of hydrogen-bond donors (Lipinski definition) is 1. The molecule has 3 nitrogen and oxygen atoms in total. The summed E-state index contributed by atoms with van der Waals surface area (Å²) in [5.74, 6) is -0.277. The van der Waals surface area contributed by atoms with Crippen LogP contribution in [0.5, 0.6) is 0 Å². The number of thiophene rings is 1. The van der Waals surface area contributed by atoms with Gasteiger partial charge in [-0.05, 0) is 36.1 Å². The van der Waals surface area contributed by atoms with Crippen LogP contribution in [-0.2, 0) is 11.3 Å². The highest BCUT2D eigenvalue weighted by atomic mass is 32.1. The molecule has 0 aliphatic rings. The van der Waals surface area contributed by atoms with E-state index < -0.39 is 0 Å². The number of carbonyl (C=O) groups is 1. The van der Waals surface area contributed by atoms with E-state index in [4.69, 9.17) is 4.74 Å². The van der Waals surface area contributed by atoms with Gasteiger partial charge in [0.05, 0.1) is 11.5 Å². The molecule has 0 aliphatic carbocycles. The van der Waals surface area contributed by atoms with E-state index in [-0.39, 0.29) is 24.2 Å². The van der Waals surface area contributed by atoms with E-state index in [1.165, 1.54) is 17.4 Å². The number of amides is 1. The Kier molecular flexibility index (Phi) is 5.39. The zero-order valence-corrected chi connectivity index (χ0v) is 16.2. The fourth-order valence-corrected chi connectivity index (χ4v) is 4.26. The zero-order chi connectivity index (χ0) is 18.8. The molecule has 1 amide bonds. The Balaban J connectivity index is 2.07. The first kappa shape index (κ1) is 18.5. The second-order valence-corrected chi connectivity index (χ2v) is 7.66. The number of rotatable bonds is 5. The van der Waals surface area contributed by atoms with Crippen molar-refractivity contribution in [3.05, 3.63) is 63.8 Å². The van der Waals surface area contributed by atoms with Crippen molar-refractivity contribution in [1.82, 2.24) is 0 Å². The second kappa shape index (κ2) is 7.56. The van der Waals surface area contributed by atoms with E-state index in [2.05, 4.69) is 19.2 Å². The van der Waals surface area contributed by atoms with E-state index in [9.17, 15) is 9.18 Å². The van der Waals surface area contributed by atoms with Gasteiger partial charge in [0.2, 0.25) is 0 Å². The Morgan fingerprint density at radius 2 is 1.96 bits per heavy atom. The van der Waals surface area contributed by atoms with Crippen molar-refractivity contribution in [1.29, 1.82) is 0 Å². The van der Waals surface area contributed by atoms with Crippen LogP contribution in [0.4, 0.5) is 10.1 Å². The molecule has 0 saturated carbocycles. The molecule has 0 saturated heterocycles. The molecule has 1 aromatic heterocycles. The molecule has 0 spiro atoms. The minimum Gasteiger partial charge on any atom is -0.380 e. The van der Waals surface area contributed by atoms with Crippen LogP contribution >= 0.6 is 11.3 Å². The average molecular weight is 371 g/mol. The Labute approximate surface area is 156 Å². The lowest BCUT2D eigenvalue weighted by Crippen LogP contribution is -2.15. The topological polar surface area (TPSA) is 38.3 Å². The summed E-state index contributed by atoms with van der Waals surface area (Å²) in [6, 6.07) is 10.9. The highest BCUT2D eigenvalue weighted by Crippen LogP contribution is 2.35. The predicted octanol–water partition coefficient (Wildman–Crippen LogP) is 5.87. The highest BCUT2D eigenvalue weighted by molar-refractivity contribution is 7.21. The van der Waals surface area contributed by atoms with Gasteiger partial charge in [-0.3, -0.25) is 4.79 Å². The molecular weight excluding hydrogens is 349 g/mol. The number of halogens is 1. The lowest BCUT2D eigenvalue weighted by Gasteiger charge is -2.16. The van der Waals surface area contributed by atoms with Gasteiger partial charge < -0.3 is 10.1 Å². The number of aryl methyl sites for hydroxylation is 1. The van der Waals surface area contributed by atoms with Gasteiger partial charge in [-0.2, -0.15) is 0 Å². The van der Waals surface area contributed by atoms with Gasteiger partial charge in [-0.15, -0.1) is 11.3 Å². The Morgan fingerprint density at radius 1 is 1.23 bits per heavy atom. The maximum Gasteiger partial charge on any atom is 0.266 e. The van der Waals surface area contributed by atoms with Crippen LogP contribution in [0.2, 0.25) is 0 Å². The molecule has 26 heavy (non-hydrogen) atoms. The number of methoxy groups -OCH3 is 1. The summed E-state index contributed by atoms with van der Waals surface area (Å²) in [4.78, 5) is 13.5. The number of fused-ring (bicyclic) bond motifs is 1. The molecule has 2 aromatic carbocycles. The Hall–Kier alpha value is -2.24. The zero-order valence-electron chi connectivity index (χ0n) is 15.4. The summed E-state index contributed by atoms with van der Waals surface area (Å²) in [7, 11) is 1.55. The van der Waals surface area contributed by atoms with Gasteiger partial charge in [0.1, 0.15) is 5.82 Å². The molecule has 0 unspecified atom stereocenters. The van der Waals surface area contributed by atoms with E-state index in [1.54, 1.807) is 13.2 Å². The van der Waals surface area contributed by atoms with Gasteiger partial charge in [0.15, 0.2) is 0 Å². The third kappa shape index (κ3) is 3.37. The molecule has 5 heteroatoms. The van der Waals surface area contributed by atoms with Crippen molar-refractivity contribution in [2.75, 3.05) is 12.4 Å². The fraction of sp³-hybridized carbons (Fsp3) is 0.286. The van der Waals surface area contributed by atoms with Gasteiger partial charge >= 0.3 is 0 Å². The Bertz CT molecular complexity index is 962. The molecule has 0 fully saturated rings. The number of benzene rings is 2. The number of para-hydroxylation sites is 1. The normalized spacial score (nSPS) is 11.3. The minimum atomic E-state index is -0.330. The third-order valence-corrected chi connectivity index (χ3v) is 5.62. The first-order valence-electron chi connectivity index (χ1n) is 8.53. The molecule has 1 N–H and O–H groups in total. The van der Waals surface area contributed by atoms with Gasteiger partial charge in [-0.1, -0.05) is 38.1 Å². The van der Waals surface area contributed by atoms with Gasteiger partial charge in [-0.25, -0.2) is 4.39 Å². The van der Waals surface area contributed by atoms with Crippen LogP contribution in [0.15, 0.2) is 36.4 Å². The van der Waals surface area contributed by atoms with Crippen molar-refractivity contribution in [3.63, 3.8) is 0 Å². The first-order valence-corrected chi connectivity index (χ1v) is 9.35. The Morgan fingerprint density at radius 3 is 2.65 bits per heavy atom. The molecule has 0 aliphatic heterocycles. The molecule has 1 heterocycles. The first-order chi connectivity index (χ1) is 12.4. The van der Waals surface area contributed by atoms with Gasteiger partial charge in [0, 0.05) is 28.4 Å². The van der Waals surface area contributed by atoms with Crippen LogP contribution in [0.25, 0.3) is 10.1 Å². The summed E-state index contributed by atoms with van der Waals surface area (Å²) >= 11 is 1.29. The molecule has 0 bridgehead atoms. The summed E-state index contributed by atoms with van der Waals surface area (Å²) < 4.78 is 20.3. The van der Waals surface area contributed by atoms with Crippen LogP contribution in [0, 0.1) is 12.7 Å². The maximum atomic E-state index is 14.3. The number of anilines is 1. The number of ether oxygens (including phenoxy) is 1. The van der Waals surface area contributed by atoms with Gasteiger partial charge in [0.25, 0.3) is 5.91 Å². The molecule has 3 rings (SSSR count). The van der Waals surface area contributed by atoms with E-state index in [0.29, 0.717) is 15.8 Å². The van der Waals surface area contributed by atoms with Crippen LogP contribution in [0.3, 0.4) is 0 Å². The minimum absolute atomic E-state index is 0.189. The SMILES string of the molecule is COCc1c(C(=O)Nc2c(C)cccc2C(C)C)sc2cccc(F)c12. The van der Waals surface area contributed by atoms with E-state index >= 15 is 0 Å². The van der Waals surface area contributed by atoms with E-state index in [0.717, 1.165) is 21.5 Å². The molecule has 0 radical (unpaired) electrons. The number of carbonyl (C=O) groups excluding carboxylic acids is 1. The molecule has 136 valence electrons. The largest absolute Gasteiger partial charge is 0.380 e. The summed E-state index contributed by atoms with van der Waals surface area (Å²) in [5.41, 5.74) is 3.51. The van der Waals surface area contributed by atoms with E-state index in [1.807, 2.05) is 31.2 Å². The highest BCUT2D eigenvalue weighted by Gasteiger charge is 2.22. The molecule has 3 aromatic rings. The predicted molar refractivity (Wildman–Crippen MR) is 106 cm³/mol.